The molecule has 3 heterocycles. The topological polar surface area (TPSA) is 73.2 Å². The summed E-state index contributed by atoms with van der Waals surface area (Å²) in [6, 6.07) is 14.7. The Bertz CT molecular complexity index is 1090. The molecule has 1 aliphatic heterocycles. The van der Waals surface area contributed by atoms with Crippen molar-refractivity contribution >= 4 is 5.91 Å². The number of carbonyl (C=O) groups excluding carboxylic acids is 1. The van der Waals surface area contributed by atoms with Gasteiger partial charge in [-0.15, -0.1) is 0 Å². The van der Waals surface area contributed by atoms with Gasteiger partial charge in [0.15, 0.2) is 0 Å². The molecule has 4 rings (SSSR count). The Morgan fingerprint density at radius 2 is 1.96 bits per heavy atom. The minimum atomic E-state index is -0.811. The third-order valence-electron chi connectivity index (χ3n) is 5.13. The van der Waals surface area contributed by atoms with Gasteiger partial charge < -0.3 is 14.6 Å². The lowest BCUT2D eigenvalue weighted by molar-refractivity contribution is 0.0883. The SMILES string of the molecule is Cc1ccc(C2(NC(=O)c3ccc(=O)n(C)c3)CCOc3cccnc32)cc1. The molecule has 0 radical (unpaired) electrons. The van der Waals surface area contributed by atoms with Crippen molar-refractivity contribution in [2.24, 2.45) is 7.05 Å². The number of fused-ring (bicyclic) bond motifs is 1. The number of amides is 1. The standard InChI is InChI=1S/C22H21N3O3/c1-15-5-8-17(9-6-15)22(11-13-28-18-4-3-12-23-20(18)22)24-21(27)16-7-10-19(26)25(2)14-16/h3-10,12,14H,11,13H2,1-2H3,(H,24,27). The van der Waals surface area contributed by atoms with Gasteiger partial charge in [0.05, 0.1) is 12.2 Å². The van der Waals surface area contributed by atoms with E-state index in [1.54, 1.807) is 25.5 Å². The number of aryl methyl sites for hydroxylation is 2. The summed E-state index contributed by atoms with van der Waals surface area (Å²) < 4.78 is 7.18. The largest absolute Gasteiger partial charge is 0.491 e. The number of hydrogen-bond acceptors (Lipinski definition) is 4. The van der Waals surface area contributed by atoms with Gasteiger partial charge in [0.2, 0.25) is 5.56 Å². The number of nitrogens with one attached hydrogen (secondary N) is 1. The highest BCUT2D eigenvalue weighted by Crippen LogP contribution is 2.40. The molecule has 1 atom stereocenters. The van der Waals surface area contributed by atoms with E-state index in [2.05, 4.69) is 10.3 Å². The molecule has 142 valence electrons. The molecular weight excluding hydrogens is 354 g/mol. The van der Waals surface area contributed by atoms with Crippen molar-refractivity contribution in [3.8, 4) is 5.75 Å². The lowest BCUT2D eigenvalue weighted by Gasteiger charge is -2.39. The average molecular weight is 375 g/mol. The zero-order valence-electron chi connectivity index (χ0n) is 15.8. The molecule has 0 fully saturated rings. The van der Waals surface area contributed by atoms with Crippen LogP contribution in [0.15, 0.2) is 65.7 Å². The van der Waals surface area contributed by atoms with Gasteiger partial charge in [-0.3, -0.25) is 14.6 Å². The van der Waals surface area contributed by atoms with Crippen molar-refractivity contribution in [1.82, 2.24) is 14.9 Å². The highest BCUT2D eigenvalue weighted by molar-refractivity contribution is 5.94. The molecule has 3 aromatic rings. The summed E-state index contributed by atoms with van der Waals surface area (Å²) in [4.78, 5) is 29.4. The molecule has 0 aliphatic carbocycles. The van der Waals surface area contributed by atoms with E-state index in [-0.39, 0.29) is 11.5 Å². The zero-order valence-corrected chi connectivity index (χ0v) is 15.8. The average Bonchev–Trinajstić information content (AvgIpc) is 2.70. The predicted octanol–water partition coefficient (Wildman–Crippen LogP) is 2.54. The molecule has 1 amide bonds. The molecule has 6 heteroatoms. The Hall–Kier alpha value is -3.41. The fourth-order valence-electron chi connectivity index (χ4n) is 3.57. The van der Waals surface area contributed by atoms with Gasteiger partial charge >= 0.3 is 0 Å². The Labute approximate surface area is 162 Å². The van der Waals surface area contributed by atoms with Gasteiger partial charge in [0.25, 0.3) is 5.91 Å². The quantitative estimate of drug-likeness (QED) is 0.764. The number of rotatable bonds is 3. The molecule has 1 N–H and O–H groups in total. The van der Waals surface area contributed by atoms with Crippen molar-refractivity contribution in [2.75, 3.05) is 6.61 Å². The first-order valence-corrected chi connectivity index (χ1v) is 9.14. The maximum atomic E-state index is 13.1. The van der Waals surface area contributed by atoms with Crippen molar-refractivity contribution < 1.29 is 9.53 Å². The summed E-state index contributed by atoms with van der Waals surface area (Å²) in [5, 5.41) is 3.19. The Kier molecular flexibility index (Phi) is 4.47. The summed E-state index contributed by atoms with van der Waals surface area (Å²) >= 11 is 0. The number of carbonyl (C=O) groups is 1. The Morgan fingerprint density at radius 1 is 1.18 bits per heavy atom. The van der Waals surface area contributed by atoms with E-state index in [0.717, 1.165) is 11.1 Å². The van der Waals surface area contributed by atoms with Crippen LogP contribution in [0, 0.1) is 6.92 Å². The number of aromatic nitrogens is 2. The lowest BCUT2D eigenvalue weighted by atomic mass is 9.81. The number of nitrogens with zero attached hydrogens (tertiary/aromatic N) is 2. The number of hydrogen-bond donors (Lipinski definition) is 1. The van der Waals surface area contributed by atoms with Crippen LogP contribution >= 0.6 is 0 Å². The molecule has 6 nitrogen and oxygen atoms in total. The monoisotopic (exact) mass is 375 g/mol. The third kappa shape index (κ3) is 3.07. The fourth-order valence-corrected chi connectivity index (χ4v) is 3.57. The van der Waals surface area contributed by atoms with E-state index in [4.69, 9.17) is 4.74 Å². The van der Waals surface area contributed by atoms with Gasteiger partial charge in [0.1, 0.15) is 17.0 Å². The first kappa shape index (κ1) is 18.0. The van der Waals surface area contributed by atoms with E-state index in [0.29, 0.717) is 30.0 Å². The van der Waals surface area contributed by atoms with Crippen molar-refractivity contribution in [3.05, 3.63) is 93.7 Å². The first-order chi connectivity index (χ1) is 13.5. The van der Waals surface area contributed by atoms with E-state index in [9.17, 15) is 9.59 Å². The highest BCUT2D eigenvalue weighted by Gasteiger charge is 2.42. The van der Waals surface area contributed by atoms with Crippen LogP contribution < -0.4 is 15.6 Å². The summed E-state index contributed by atoms with van der Waals surface area (Å²) in [5.41, 5.74) is 2.20. The normalized spacial score (nSPS) is 18.1. The van der Waals surface area contributed by atoms with Crippen molar-refractivity contribution in [2.45, 2.75) is 18.9 Å². The van der Waals surface area contributed by atoms with E-state index < -0.39 is 5.54 Å². The minimum Gasteiger partial charge on any atom is -0.491 e. The van der Waals surface area contributed by atoms with Crippen LogP contribution in [-0.4, -0.2) is 22.1 Å². The maximum Gasteiger partial charge on any atom is 0.253 e. The second kappa shape index (κ2) is 6.96. The van der Waals surface area contributed by atoms with Gasteiger partial charge in [0, 0.05) is 31.9 Å². The molecule has 0 saturated carbocycles. The summed E-state index contributed by atoms with van der Waals surface area (Å²) in [6.45, 7) is 2.48. The Balaban J connectivity index is 1.83. The molecule has 28 heavy (non-hydrogen) atoms. The summed E-state index contributed by atoms with van der Waals surface area (Å²) in [7, 11) is 1.63. The van der Waals surface area contributed by atoms with E-state index in [1.165, 1.54) is 10.6 Å². The third-order valence-corrected chi connectivity index (χ3v) is 5.13. The number of benzene rings is 1. The minimum absolute atomic E-state index is 0.164. The summed E-state index contributed by atoms with van der Waals surface area (Å²) in [6.07, 6.45) is 3.80. The predicted molar refractivity (Wildman–Crippen MR) is 105 cm³/mol. The molecule has 1 aliphatic rings. The lowest BCUT2D eigenvalue weighted by Crippen LogP contribution is -2.50. The molecule has 1 aromatic carbocycles. The van der Waals surface area contributed by atoms with Crippen LogP contribution in [0.4, 0.5) is 0 Å². The van der Waals surface area contributed by atoms with Gasteiger partial charge in [-0.2, -0.15) is 0 Å². The molecular formula is C22H21N3O3. The maximum absolute atomic E-state index is 13.1. The highest BCUT2D eigenvalue weighted by atomic mass is 16.5. The first-order valence-electron chi connectivity index (χ1n) is 9.14. The smallest absolute Gasteiger partial charge is 0.253 e. The number of pyridine rings is 2. The van der Waals surface area contributed by atoms with Crippen molar-refractivity contribution in [1.29, 1.82) is 0 Å². The zero-order chi connectivity index (χ0) is 19.7. The van der Waals surface area contributed by atoms with Crippen LogP contribution in [-0.2, 0) is 12.6 Å². The van der Waals surface area contributed by atoms with Crippen LogP contribution in [0.1, 0.15) is 33.6 Å². The molecule has 0 bridgehead atoms. The van der Waals surface area contributed by atoms with Gasteiger partial charge in [-0.05, 0) is 30.7 Å². The van der Waals surface area contributed by atoms with Gasteiger partial charge in [-0.25, -0.2) is 0 Å². The van der Waals surface area contributed by atoms with Crippen LogP contribution in [0.25, 0.3) is 0 Å². The van der Waals surface area contributed by atoms with Crippen molar-refractivity contribution in [3.63, 3.8) is 0 Å². The van der Waals surface area contributed by atoms with Gasteiger partial charge in [-0.1, -0.05) is 29.8 Å². The number of ether oxygens (including phenoxy) is 1. The second-order valence-electron chi connectivity index (χ2n) is 7.04. The van der Waals surface area contributed by atoms with Crippen LogP contribution in [0.2, 0.25) is 0 Å². The molecule has 1 unspecified atom stereocenters. The van der Waals surface area contributed by atoms with E-state index >= 15 is 0 Å². The van der Waals surface area contributed by atoms with Crippen LogP contribution in [0.5, 0.6) is 5.75 Å². The van der Waals surface area contributed by atoms with E-state index in [1.807, 2.05) is 43.3 Å². The molecule has 0 saturated heterocycles. The molecule has 2 aromatic heterocycles. The summed E-state index contributed by atoms with van der Waals surface area (Å²) in [5.74, 6) is 0.393. The fraction of sp³-hybridized carbons (Fsp3) is 0.227. The van der Waals surface area contributed by atoms with Crippen LogP contribution in [0.3, 0.4) is 0 Å². The molecule has 0 spiro atoms. The second-order valence-corrected chi connectivity index (χ2v) is 7.04. The Morgan fingerprint density at radius 3 is 2.71 bits per heavy atom.